The largest absolute Gasteiger partial charge is 0.197 e. The van der Waals surface area contributed by atoms with E-state index < -0.39 is 0 Å². The second-order valence-corrected chi connectivity index (χ2v) is 0. The van der Waals surface area contributed by atoms with Crippen molar-refractivity contribution in [2.24, 2.45) is 0 Å². The molecule has 0 aromatic heterocycles. The molecule has 28 valence electrons. The van der Waals surface area contributed by atoms with Crippen molar-refractivity contribution >= 4 is 38.7 Å². The Morgan fingerprint density at radius 1 is 1.25 bits per heavy atom. The Morgan fingerprint density at radius 2 is 1.25 bits per heavy atom. The van der Waals surface area contributed by atoms with Gasteiger partial charge in [-0.3, -0.25) is 0 Å². The van der Waals surface area contributed by atoms with Crippen LogP contribution in [0.5, 0.6) is 0 Å². The van der Waals surface area contributed by atoms with Gasteiger partial charge in [0, 0.05) is 43.3 Å². The summed E-state index contributed by atoms with van der Waals surface area (Å²) in [6, 6.07) is 0. The summed E-state index contributed by atoms with van der Waals surface area (Å²) in [4.78, 5) is 0. The molecule has 0 aliphatic carbocycles. The fourth-order valence-electron chi connectivity index (χ4n) is 0. The molecule has 0 aromatic carbocycles. The van der Waals surface area contributed by atoms with Crippen LogP contribution in [0.2, 0.25) is 0 Å². The molecule has 1 nitrogen and oxygen atoms in total. The van der Waals surface area contributed by atoms with Crippen molar-refractivity contribution in [2.45, 2.75) is 0 Å². The molecule has 0 aliphatic heterocycles. The zero-order valence-electron chi connectivity index (χ0n) is 1.57. The van der Waals surface area contributed by atoms with Crippen LogP contribution in [0.25, 0.3) is 0 Å². The molecule has 0 unspecified atom stereocenters. The van der Waals surface area contributed by atoms with Crippen LogP contribution in [0.3, 0.4) is 0 Å². The third-order valence-electron chi connectivity index (χ3n) is 0. The van der Waals surface area contributed by atoms with E-state index in [9.17, 15) is 0 Å². The second-order valence-electron chi connectivity index (χ2n) is 0. The Hall–Kier alpha value is 1.42. The minimum atomic E-state index is 0. The first kappa shape index (κ1) is 18.1. The van der Waals surface area contributed by atoms with E-state index in [1.54, 1.807) is 0 Å². The average molecular weight is 321 g/mol. The van der Waals surface area contributed by atoms with Gasteiger partial charge in [0.1, 0.15) is 0 Å². The molecule has 0 bridgehead atoms. The molecule has 0 saturated heterocycles. The van der Waals surface area contributed by atoms with E-state index in [-0.39, 0.29) is 43.3 Å². The Morgan fingerprint density at radius 3 is 1.25 bits per heavy atom. The third-order valence-corrected chi connectivity index (χ3v) is 0. The summed E-state index contributed by atoms with van der Waals surface area (Å²) in [7, 11) is 0. The van der Waals surface area contributed by atoms with E-state index in [4.69, 9.17) is 4.21 Å². The molecule has 4 heavy (non-hydrogen) atoms. The second kappa shape index (κ2) is 25.6. The van der Waals surface area contributed by atoms with Crippen LogP contribution in [0.15, 0.2) is 0 Å². The summed E-state index contributed by atoms with van der Waals surface area (Å²) in [6.07, 6.45) is 0. The SMILES string of the molecule is O=S.[Bi].[Cu]. The van der Waals surface area contributed by atoms with Gasteiger partial charge in [0.15, 0.2) is 12.5 Å². The average Bonchev–Trinajstić information content (AvgIpc) is 1.00. The van der Waals surface area contributed by atoms with E-state index in [1.165, 1.54) is 0 Å². The molecule has 0 heterocycles. The first-order valence-corrected chi connectivity index (χ1v) is 0.500. The van der Waals surface area contributed by atoms with Crippen molar-refractivity contribution < 1.29 is 21.3 Å². The summed E-state index contributed by atoms with van der Waals surface area (Å²) in [5, 5.41) is 0. The first-order chi connectivity index (χ1) is 1.00. The number of hydrogen-bond donors (Lipinski definition) is 0. The van der Waals surface area contributed by atoms with Crippen molar-refractivity contribution in [3.63, 3.8) is 0 Å². The standard InChI is InChI=1S/Bi.Cu.OS/c;;1-2. The molecule has 0 saturated carbocycles. The molecule has 0 spiro atoms. The fourth-order valence-corrected chi connectivity index (χ4v) is 0. The predicted octanol–water partition coefficient (Wildman–Crippen LogP) is -0.720. The maximum Gasteiger partial charge on any atom is 0.197 e. The van der Waals surface area contributed by atoms with Gasteiger partial charge in [-0.05, 0) is 0 Å². The van der Waals surface area contributed by atoms with E-state index in [1.807, 2.05) is 0 Å². The van der Waals surface area contributed by atoms with Crippen molar-refractivity contribution in [1.29, 1.82) is 0 Å². The first-order valence-electron chi connectivity index (χ1n) is 0.167. The molecule has 0 aliphatic rings. The predicted molar refractivity (Wildman–Crippen MR) is 13.9 cm³/mol. The molecular weight excluding hydrogens is 321 g/mol. The molecule has 0 aromatic rings. The maximum absolute atomic E-state index is 7.83. The van der Waals surface area contributed by atoms with Crippen LogP contribution in [0.1, 0.15) is 0 Å². The van der Waals surface area contributed by atoms with Gasteiger partial charge in [0.05, 0.1) is 0 Å². The smallest absolute Gasteiger partial charge is 0.197 e. The topological polar surface area (TPSA) is 17.1 Å². The van der Waals surface area contributed by atoms with Crippen LogP contribution in [-0.4, -0.2) is 30.4 Å². The van der Waals surface area contributed by atoms with Crippen molar-refractivity contribution in [1.82, 2.24) is 0 Å². The zero-order chi connectivity index (χ0) is 2.00. The minimum Gasteiger partial charge on any atom is -0.197 e. The summed E-state index contributed by atoms with van der Waals surface area (Å²) in [5.74, 6) is 0. The quantitative estimate of drug-likeness (QED) is 0.548. The zero-order valence-corrected chi connectivity index (χ0v) is 6.80. The minimum absolute atomic E-state index is 0. The van der Waals surface area contributed by atoms with Gasteiger partial charge in [-0.1, -0.05) is 0 Å². The van der Waals surface area contributed by atoms with Crippen molar-refractivity contribution in [3.05, 3.63) is 0 Å². The van der Waals surface area contributed by atoms with E-state index in [0.29, 0.717) is 0 Å². The van der Waals surface area contributed by atoms with Gasteiger partial charge >= 0.3 is 0 Å². The molecule has 0 atom stereocenters. The monoisotopic (exact) mass is 320 g/mol. The summed E-state index contributed by atoms with van der Waals surface area (Å²) in [6.45, 7) is 0. The van der Waals surface area contributed by atoms with E-state index >= 15 is 0 Å². The summed E-state index contributed by atoms with van der Waals surface area (Å²) < 4.78 is 7.83. The maximum atomic E-state index is 7.83. The van der Waals surface area contributed by atoms with Crippen molar-refractivity contribution in [2.75, 3.05) is 0 Å². The summed E-state index contributed by atoms with van der Waals surface area (Å²) in [5.41, 5.74) is 0. The van der Waals surface area contributed by atoms with E-state index in [0.717, 1.165) is 0 Å². The molecule has 0 N–H and O–H groups in total. The Kier molecular flexibility index (Phi) is 116. The van der Waals surface area contributed by atoms with Gasteiger partial charge in [-0.25, -0.2) is 0 Å². The third kappa shape index (κ3) is 9.93. The Balaban J connectivity index is -0.00000000500. The fraction of sp³-hybridized carbons (Fsp3) is 0. The van der Waals surface area contributed by atoms with Gasteiger partial charge in [-0.15, -0.1) is 0 Å². The molecular formula is BiCuOS. The summed E-state index contributed by atoms with van der Waals surface area (Å²) >= 11 is 2.83. The van der Waals surface area contributed by atoms with Gasteiger partial charge in [0.25, 0.3) is 0 Å². The molecule has 0 rings (SSSR count). The van der Waals surface area contributed by atoms with Crippen molar-refractivity contribution in [3.8, 4) is 0 Å². The molecule has 4 heteroatoms. The van der Waals surface area contributed by atoms with Gasteiger partial charge < -0.3 is 0 Å². The van der Waals surface area contributed by atoms with Crippen LogP contribution < -0.4 is 0 Å². The van der Waals surface area contributed by atoms with Crippen LogP contribution in [-0.2, 0) is 29.6 Å². The van der Waals surface area contributed by atoms with Crippen LogP contribution >= 0.6 is 0 Å². The number of hydrogen-bond acceptors (Lipinski definition) is 2. The van der Waals surface area contributed by atoms with Gasteiger partial charge in [-0.2, -0.15) is 4.21 Å². The Bertz CT molecular complexity index is 8.00. The normalized spacial score (nSPS) is 1.00. The van der Waals surface area contributed by atoms with Crippen LogP contribution in [0.4, 0.5) is 0 Å². The van der Waals surface area contributed by atoms with E-state index in [2.05, 4.69) is 12.5 Å². The number of rotatable bonds is 0. The molecule has 0 amide bonds. The Labute approximate surface area is 59.7 Å². The van der Waals surface area contributed by atoms with Crippen LogP contribution in [0, 0.1) is 0 Å². The van der Waals surface area contributed by atoms with Gasteiger partial charge in [0.2, 0.25) is 0 Å². The molecule has 0 fully saturated rings. The molecule has 4 radical (unpaired) electrons.